The summed E-state index contributed by atoms with van der Waals surface area (Å²) in [6.07, 6.45) is 4.28. The van der Waals surface area contributed by atoms with E-state index in [2.05, 4.69) is 41.3 Å². The second-order valence-corrected chi connectivity index (χ2v) is 5.63. The lowest BCUT2D eigenvalue weighted by molar-refractivity contribution is 0.649. The van der Waals surface area contributed by atoms with E-state index in [1.54, 1.807) is 11.3 Å². The average Bonchev–Trinajstić information content (AvgIpc) is 2.87. The van der Waals surface area contributed by atoms with Crippen molar-refractivity contribution in [3.63, 3.8) is 0 Å². The summed E-state index contributed by atoms with van der Waals surface area (Å²) in [7, 11) is 1.97. The van der Waals surface area contributed by atoms with E-state index in [0.29, 0.717) is 6.04 Å². The molecule has 0 fully saturated rings. The van der Waals surface area contributed by atoms with Crippen LogP contribution in [-0.2, 0) is 6.54 Å². The van der Waals surface area contributed by atoms with Crippen molar-refractivity contribution < 1.29 is 0 Å². The van der Waals surface area contributed by atoms with Crippen molar-refractivity contribution >= 4 is 22.9 Å². The first-order valence-corrected chi connectivity index (χ1v) is 6.45. The summed E-state index contributed by atoms with van der Waals surface area (Å²) in [5.41, 5.74) is 1.31. The van der Waals surface area contributed by atoms with E-state index in [1.165, 1.54) is 10.4 Å². The van der Waals surface area contributed by atoms with Gasteiger partial charge in [0.1, 0.15) is 0 Å². The summed E-state index contributed by atoms with van der Waals surface area (Å²) in [5, 5.41) is 3.23. The molecule has 2 aromatic rings. The first kappa shape index (κ1) is 11.7. The molecule has 0 aliphatic heterocycles. The minimum absolute atomic E-state index is 0.396. The molecule has 0 amide bonds. The van der Waals surface area contributed by atoms with Crippen molar-refractivity contribution in [1.29, 1.82) is 0 Å². The topological polar surface area (TPSA) is 17.0 Å². The molecule has 2 heterocycles. The maximum atomic E-state index is 5.90. The predicted molar refractivity (Wildman–Crippen MR) is 70.3 cm³/mol. The van der Waals surface area contributed by atoms with E-state index < -0.39 is 0 Å². The van der Waals surface area contributed by atoms with Crippen LogP contribution in [0, 0.1) is 0 Å². The predicted octanol–water partition coefficient (Wildman–Crippen LogP) is 3.53. The molecule has 0 aliphatic carbocycles. The van der Waals surface area contributed by atoms with Crippen LogP contribution in [0.3, 0.4) is 0 Å². The molecule has 0 saturated heterocycles. The molecule has 0 radical (unpaired) electrons. The van der Waals surface area contributed by atoms with Crippen LogP contribution < -0.4 is 5.32 Å². The third kappa shape index (κ3) is 2.67. The van der Waals surface area contributed by atoms with Gasteiger partial charge in [-0.1, -0.05) is 11.6 Å². The Kier molecular flexibility index (Phi) is 3.69. The average molecular weight is 255 g/mol. The molecule has 4 heteroatoms. The Hall–Kier alpha value is -0.770. The van der Waals surface area contributed by atoms with Crippen molar-refractivity contribution in [1.82, 2.24) is 9.88 Å². The summed E-state index contributed by atoms with van der Waals surface area (Å²) in [6, 6.07) is 6.57. The largest absolute Gasteiger partial charge is 0.349 e. The highest BCUT2D eigenvalue weighted by Crippen LogP contribution is 2.22. The van der Waals surface area contributed by atoms with Crippen molar-refractivity contribution in [2.45, 2.75) is 19.5 Å². The molecule has 16 heavy (non-hydrogen) atoms. The van der Waals surface area contributed by atoms with Gasteiger partial charge in [0.05, 0.1) is 10.9 Å². The van der Waals surface area contributed by atoms with Crippen molar-refractivity contribution in [3.05, 3.63) is 45.4 Å². The lowest BCUT2D eigenvalue weighted by atomic mass is 10.2. The summed E-state index contributed by atoms with van der Waals surface area (Å²) in [4.78, 5) is 1.28. The van der Waals surface area contributed by atoms with Crippen LogP contribution in [0.15, 0.2) is 30.6 Å². The summed E-state index contributed by atoms with van der Waals surface area (Å²) >= 11 is 7.54. The fourth-order valence-electron chi connectivity index (χ4n) is 1.60. The SMILES string of the molecule is CNC(C)c1ccn(Cc2ccc(Cl)s2)c1. The fraction of sp³-hybridized carbons (Fsp3) is 0.333. The lowest BCUT2D eigenvalue weighted by Crippen LogP contribution is -2.11. The van der Waals surface area contributed by atoms with E-state index in [1.807, 2.05) is 13.1 Å². The molecule has 0 saturated carbocycles. The summed E-state index contributed by atoms with van der Waals surface area (Å²) in [6.45, 7) is 3.05. The number of thiophene rings is 1. The molecule has 1 N–H and O–H groups in total. The van der Waals surface area contributed by atoms with Crippen LogP contribution in [-0.4, -0.2) is 11.6 Å². The van der Waals surface area contributed by atoms with Crippen LogP contribution in [0.4, 0.5) is 0 Å². The molecule has 2 rings (SSSR count). The Morgan fingerprint density at radius 1 is 1.44 bits per heavy atom. The second-order valence-electron chi connectivity index (χ2n) is 3.83. The Labute approximate surface area is 105 Å². The number of nitrogens with zero attached hydrogens (tertiary/aromatic N) is 1. The highest BCUT2D eigenvalue weighted by atomic mass is 35.5. The monoisotopic (exact) mass is 254 g/mol. The van der Waals surface area contributed by atoms with Gasteiger partial charge in [-0.05, 0) is 37.7 Å². The van der Waals surface area contributed by atoms with E-state index in [9.17, 15) is 0 Å². The Morgan fingerprint density at radius 3 is 2.88 bits per heavy atom. The maximum absolute atomic E-state index is 5.90. The van der Waals surface area contributed by atoms with Crippen LogP contribution >= 0.6 is 22.9 Å². The molecular formula is C12H15ClN2S. The number of rotatable bonds is 4. The molecule has 0 aromatic carbocycles. The Balaban J connectivity index is 2.08. The highest BCUT2D eigenvalue weighted by molar-refractivity contribution is 7.16. The van der Waals surface area contributed by atoms with E-state index >= 15 is 0 Å². The lowest BCUT2D eigenvalue weighted by Gasteiger charge is -2.06. The molecule has 1 unspecified atom stereocenters. The maximum Gasteiger partial charge on any atom is 0.0931 e. The van der Waals surface area contributed by atoms with Gasteiger partial charge < -0.3 is 9.88 Å². The molecule has 2 nitrogen and oxygen atoms in total. The summed E-state index contributed by atoms with van der Waals surface area (Å²) in [5.74, 6) is 0. The van der Waals surface area contributed by atoms with Crippen molar-refractivity contribution in [2.75, 3.05) is 7.05 Å². The van der Waals surface area contributed by atoms with Gasteiger partial charge in [-0.25, -0.2) is 0 Å². The number of halogens is 1. The van der Waals surface area contributed by atoms with Crippen molar-refractivity contribution in [2.24, 2.45) is 0 Å². The number of nitrogens with one attached hydrogen (secondary N) is 1. The minimum Gasteiger partial charge on any atom is -0.349 e. The number of hydrogen-bond acceptors (Lipinski definition) is 2. The normalized spacial score (nSPS) is 12.9. The molecular weight excluding hydrogens is 240 g/mol. The molecule has 0 bridgehead atoms. The molecule has 0 spiro atoms. The second kappa shape index (κ2) is 5.04. The van der Waals surface area contributed by atoms with Crippen LogP contribution in [0.25, 0.3) is 0 Å². The zero-order chi connectivity index (χ0) is 11.5. The van der Waals surface area contributed by atoms with E-state index in [0.717, 1.165) is 10.9 Å². The van der Waals surface area contributed by atoms with Gasteiger partial charge in [-0.3, -0.25) is 0 Å². The van der Waals surface area contributed by atoms with Gasteiger partial charge in [0, 0.05) is 23.3 Å². The van der Waals surface area contributed by atoms with Crippen LogP contribution in [0.2, 0.25) is 4.34 Å². The fourth-order valence-corrected chi connectivity index (χ4v) is 2.69. The smallest absolute Gasteiger partial charge is 0.0931 e. The van der Waals surface area contributed by atoms with Crippen LogP contribution in [0.5, 0.6) is 0 Å². The van der Waals surface area contributed by atoms with E-state index in [4.69, 9.17) is 11.6 Å². The first-order valence-electron chi connectivity index (χ1n) is 5.26. The standard InChI is InChI=1S/C12H15ClN2S/c1-9(14-2)10-5-6-15(7-10)8-11-3-4-12(13)16-11/h3-7,9,14H,8H2,1-2H3. The summed E-state index contributed by atoms with van der Waals surface area (Å²) < 4.78 is 3.04. The number of hydrogen-bond donors (Lipinski definition) is 1. The van der Waals surface area contributed by atoms with Gasteiger partial charge in [0.15, 0.2) is 0 Å². The van der Waals surface area contributed by atoms with Gasteiger partial charge in [-0.15, -0.1) is 11.3 Å². The zero-order valence-electron chi connectivity index (χ0n) is 9.40. The Bertz CT molecular complexity index is 461. The van der Waals surface area contributed by atoms with Crippen molar-refractivity contribution in [3.8, 4) is 0 Å². The third-order valence-corrected chi connectivity index (χ3v) is 3.89. The quantitative estimate of drug-likeness (QED) is 0.883. The molecule has 2 aromatic heterocycles. The van der Waals surface area contributed by atoms with Crippen LogP contribution in [0.1, 0.15) is 23.4 Å². The number of aromatic nitrogens is 1. The third-order valence-electron chi connectivity index (χ3n) is 2.67. The minimum atomic E-state index is 0.396. The van der Waals surface area contributed by atoms with E-state index in [-0.39, 0.29) is 0 Å². The van der Waals surface area contributed by atoms with Gasteiger partial charge in [-0.2, -0.15) is 0 Å². The highest BCUT2D eigenvalue weighted by Gasteiger charge is 2.05. The van der Waals surface area contributed by atoms with Gasteiger partial charge in [0.2, 0.25) is 0 Å². The zero-order valence-corrected chi connectivity index (χ0v) is 11.0. The van der Waals surface area contributed by atoms with Gasteiger partial charge in [0.25, 0.3) is 0 Å². The molecule has 86 valence electrons. The molecule has 0 aliphatic rings. The first-order chi connectivity index (χ1) is 7.69. The Morgan fingerprint density at radius 2 is 2.25 bits per heavy atom. The van der Waals surface area contributed by atoms with Gasteiger partial charge >= 0.3 is 0 Å². The molecule has 1 atom stereocenters.